The molecule has 3 aliphatic carbocycles. The molecule has 4 fully saturated rings. The molecule has 1 saturated heterocycles. The number of carbonyl (C=O) groups excluding carboxylic acids is 1. The highest BCUT2D eigenvalue weighted by Crippen LogP contribution is 2.65. The van der Waals surface area contributed by atoms with Crippen LogP contribution >= 0.6 is 0 Å². The van der Waals surface area contributed by atoms with Crippen molar-refractivity contribution < 1.29 is 9.90 Å². The van der Waals surface area contributed by atoms with Crippen molar-refractivity contribution in [3.8, 4) is 0 Å². The molecular formula is C21H27N3O2. The van der Waals surface area contributed by atoms with Crippen molar-refractivity contribution in [2.24, 2.45) is 16.4 Å². The summed E-state index contributed by atoms with van der Waals surface area (Å²) in [5.74, 6) is 1.18. The average Bonchev–Trinajstić information content (AvgIpc) is 3.01. The van der Waals surface area contributed by atoms with E-state index in [1.54, 1.807) is 0 Å². The van der Waals surface area contributed by atoms with E-state index in [0.29, 0.717) is 38.3 Å². The van der Waals surface area contributed by atoms with Crippen molar-refractivity contribution in [2.45, 2.75) is 56.6 Å². The van der Waals surface area contributed by atoms with Crippen LogP contribution in [0.25, 0.3) is 0 Å². The van der Waals surface area contributed by atoms with Gasteiger partial charge in [0.15, 0.2) is 0 Å². The van der Waals surface area contributed by atoms with E-state index in [1.807, 2.05) is 34.3 Å². The van der Waals surface area contributed by atoms with Gasteiger partial charge in [0.05, 0.1) is 22.7 Å². The quantitative estimate of drug-likeness (QED) is 0.906. The van der Waals surface area contributed by atoms with Crippen LogP contribution in [0.4, 0.5) is 5.69 Å². The van der Waals surface area contributed by atoms with Gasteiger partial charge in [0, 0.05) is 25.7 Å². The first kappa shape index (κ1) is 16.3. The molecule has 1 aromatic rings. The molecule has 1 aromatic carbocycles. The van der Waals surface area contributed by atoms with Gasteiger partial charge in [-0.15, -0.1) is 0 Å². The number of rotatable bonds is 4. The molecule has 2 heterocycles. The van der Waals surface area contributed by atoms with Gasteiger partial charge < -0.3 is 10.0 Å². The Kier molecular flexibility index (Phi) is 3.64. The molecule has 3 saturated carbocycles. The second-order valence-corrected chi connectivity index (χ2v) is 8.85. The summed E-state index contributed by atoms with van der Waals surface area (Å²) < 4.78 is 0. The van der Waals surface area contributed by atoms with Gasteiger partial charge in [-0.3, -0.25) is 9.80 Å². The summed E-state index contributed by atoms with van der Waals surface area (Å²) in [6.07, 6.45) is 8.20. The summed E-state index contributed by atoms with van der Waals surface area (Å²) in [5.41, 5.74) is 0.386. The molecule has 1 unspecified atom stereocenters. The standard InChI is InChI=1S/C21H27N3O2/c25-19(20-12-16(13-20)14-20)23-10-7-21(26,8-11-23)15-18-6-9-22-24(18)17-4-2-1-3-5-17/h1-5,9,16,18,26H,6-8,10-15H2. The van der Waals surface area contributed by atoms with Crippen LogP contribution in [0.15, 0.2) is 35.4 Å². The molecule has 0 aromatic heterocycles. The molecule has 2 bridgehead atoms. The maximum absolute atomic E-state index is 12.7. The SMILES string of the molecule is O=C(N1CCC(O)(CC2CC=NN2c2ccccc2)CC1)C12CC(C1)C2. The fraction of sp³-hybridized carbons (Fsp3) is 0.619. The van der Waals surface area contributed by atoms with Crippen molar-refractivity contribution in [1.82, 2.24) is 4.90 Å². The molecule has 2 aliphatic heterocycles. The topological polar surface area (TPSA) is 56.1 Å². The van der Waals surface area contributed by atoms with Crippen LogP contribution in [0, 0.1) is 11.3 Å². The maximum Gasteiger partial charge on any atom is 0.228 e. The molecule has 5 aliphatic rings. The summed E-state index contributed by atoms with van der Waals surface area (Å²) >= 11 is 0. The normalized spacial score (nSPS) is 34.3. The number of amides is 1. The molecule has 5 nitrogen and oxygen atoms in total. The third-order valence-corrected chi connectivity index (χ3v) is 7.04. The van der Waals surface area contributed by atoms with Crippen LogP contribution in [0.5, 0.6) is 0 Å². The summed E-state index contributed by atoms with van der Waals surface area (Å²) in [6, 6.07) is 10.4. The molecule has 1 N–H and O–H groups in total. The molecule has 6 rings (SSSR count). The molecule has 1 atom stereocenters. The van der Waals surface area contributed by atoms with Crippen LogP contribution < -0.4 is 5.01 Å². The van der Waals surface area contributed by atoms with Crippen molar-refractivity contribution in [1.29, 1.82) is 0 Å². The maximum atomic E-state index is 12.7. The minimum absolute atomic E-state index is 0.00350. The minimum Gasteiger partial charge on any atom is -0.390 e. The van der Waals surface area contributed by atoms with E-state index in [9.17, 15) is 9.90 Å². The van der Waals surface area contributed by atoms with Crippen LogP contribution in [-0.4, -0.2) is 46.9 Å². The Morgan fingerprint density at radius 1 is 1.15 bits per heavy atom. The average molecular weight is 353 g/mol. The zero-order chi connectivity index (χ0) is 17.8. The van der Waals surface area contributed by atoms with E-state index < -0.39 is 5.60 Å². The van der Waals surface area contributed by atoms with Gasteiger partial charge in [-0.05, 0) is 56.6 Å². The Balaban J connectivity index is 1.20. The largest absolute Gasteiger partial charge is 0.390 e. The summed E-state index contributed by atoms with van der Waals surface area (Å²) in [6.45, 7) is 1.39. The Morgan fingerprint density at radius 2 is 1.85 bits per heavy atom. The number of hydrogen-bond acceptors (Lipinski definition) is 4. The Morgan fingerprint density at radius 3 is 2.46 bits per heavy atom. The number of carbonyl (C=O) groups is 1. The summed E-state index contributed by atoms with van der Waals surface area (Å²) in [4.78, 5) is 14.8. The van der Waals surface area contributed by atoms with Gasteiger partial charge in [0.25, 0.3) is 0 Å². The number of nitrogens with zero attached hydrogens (tertiary/aromatic N) is 3. The zero-order valence-corrected chi connectivity index (χ0v) is 15.2. The van der Waals surface area contributed by atoms with Gasteiger partial charge in [-0.25, -0.2) is 0 Å². The number of hydrogen-bond donors (Lipinski definition) is 1. The number of likely N-dealkylation sites (tertiary alicyclic amines) is 1. The first-order chi connectivity index (χ1) is 12.6. The van der Waals surface area contributed by atoms with Gasteiger partial charge in [0.1, 0.15) is 0 Å². The summed E-state index contributed by atoms with van der Waals surface area (Å²) in [7, 11) is 0. The minimum atomic E-state index is -0.693. The number of hydrazone groups is 1. The Bertz CT molecular complexity index is 707. The fourth-order valence-corrected chi connectivity index (χ4v) is 5.32. The van der Waals surface area contributed by atoms with E-state index in [-0.39, 0.29) is 11.5 Å². The molecule has 5 heteroatoms. The second-order valence-electron chi connectivity index (χ2n) is 8.85. The van der Waals surface area contributed by atoms with Gasteiger partial charge in [0.2, 0.25) is 5.91 Å². The zero-order valence-electron chi connectivity index (χ0n) is 15.2. The van der Waals surface area contributed by atoms with Crippen LogP contribution in [-0.2, 0) is 4.79 Å². The molecule has 1 amide bonds. The van der Waals surface area contributed by atoms with Gasteiger partial charge in [-0.2, -0.15) is 5.10 Å². The smallest absolute Gasteiger partial charge is 0.228 e. The lowest BCUT2D eigenvalue weighted by Crippen LogP contribution is -2.62. The lowest BCUT2D eigenvalue weighted by molar-refractivity contribution is -0.180. The highest BCUT2D eigenvalue weighted by atomic mass is 16.3. The molecule has 26 heavy (non-hydrogen) atoms. The number of aliphatic hydroxyl groups is 1. The fourth-order valence-electron chi connectivity index (χ4n) is 5.32. The third kappa shape index (κ3) is 2.56. The van der Waals surface area contributed by atoms with Crippen molar-refractivity contribution in [2.75, 3.05) is 18.1 Å². The summed E-state index contributed by atoms with van der Waals surface area (Å²) in [5, 5.41) is 17.7. The van der Waals surface area contributed by atoms with E-state index in [1.165, 1.54) is 0 Å². The van der Waals surface area contributed by atoms with E-state index >= 15 is 0 Å². The van der Waals surface area contributed by atoms with Crippen LogP contribution in [0.2, 0.25) is 0 Å². The van der Waals surface area contributed by atoms with E-state index in [4.69, 9.17) is 0 Å². The molecule has 0 spiro atoms. The lowest BCUT2D eigenvalue weighted by Gasteiger charge is -2.61. The Labute approximate surface area is 154 Å². The van der Waals surface area contributed by atoms with E-state index in [2.05, 4.69) is 17.2 Å². The lowest BCUT2D eigenvalue weighted by atomic mass is 9.44. The molecular weight excluding hydrogens is 326 g/mol. The van der Waals surface area contributed by atoms with Crippen LogP contribution in [0.3, 0.4) is 0 Å². The predicted molar refractivity (Wildman–Crippen MR) is 101 cm³/mol. The van der Waals surface area contributed by atoms with Crippen molar-refractivity contribution in [3.63, 3.8) is 0 Å². The second kappa shape index (κ2) is 5.81. The highest BCUT2D eigenvalue weighted by Gasteiger charge is 2.62. The molecule has 138 valence electrons. The number of anilines is 1. The number of benzene rings is 1. The highest BCUT2D eigenvalue weighted by molar-refractivity contribution is 5.86. The number of para-hydroxylation sites is 1. The van der Waals surface area contributed by atoms with Crippen molar-refractivity contribution in [3.05, 3.63) is 30.3 Å². The van der Waals surface area contributed by atoms with Crippen LogP contribution in [0.1, 0.15) is 44.9 Å². The van der Waals surface area contributed by atoms with Gasteiger partial charge in [-0.1, -0.05) is 18.2 Å². The van der Waals surface area contributed by atoms with Crippen molar-refractivity contribution >= 4 is 17.8 Å². The monoisotopic (exact) mass is 353 g/mol. The van der Waals surface area contributed by atoms with Gasteiger partial charge >= 0.3 is 0 Å². The first-order valence-electron chi connectivity index (χ1n) is 9.96. The third-order valence-electron chi connectivity index (χ3n) is 7.04. The number of piperidine rings is 1. The van der Waals surface area contributed by atoms with E-state index in [0.717, 1.165) is 37.3 Å². The Hall–Kier alpha value is -1.88. The predicted octanol–water partition coefficient (Wildman–Crippen LogP) is 2.79. The first-order valence-corrected chi connectivity index (χ1v) is 9.96. The molecule has 0 radical (unpaired) electrons.